The van der Waals surface area contributed by atoms with Gasteiger partial charge in [-0.05, 0) is 30.2 Å². The third kappa shape index (κ3) is 4.14. The maximum Gasteiger partial charge on any atom is 0.253 e. The molecule has 0 radical (unpaired) electrons. The van der Waals surface area contributed by atoms with Crippen LogP contribution in [0.5, 0.6) is 5.75 Å². The fourth-order valence-electron chi connectivity index (χ4n) is 2.13. The molecule has 8 heteroatoms. The van der Waals surface area contributed by atoms with Crippen molar-refractivity contribution in [3.05, 3.63) is 23.8 Å². The molecule has 0 spiro atoms. The monoisotopic (exact) mass is 316 g/mol. The number of benzene rings is 1. The zero-order valence-corrected chi connectivity index (χ0v) is 12.7. The Labute approximate surface area is 124 Å². The molecule has 1 aliphatic heterocycles. The highest BCUT2D eigenvalue weighted by Crippen LogP contribution is 2.22. The van der Waals surface area contributed by atoms with Gasteiger partial charge in [-0.3, -0.25) is 0 Å². The summed E-state index contributed by atoms with van der Waals surface area (Å²) in [6.45, 7) is 1.87. The molecule has 1 aromatic carbocycles. The molecule has 118 valence electrons. The molecule has 0 bridgehead atoms. The van der Waals surface area contributed by atoms with Crippen molar-refractivity contribution in [3.8, 4) is 5.75 Å². The van der Waals surface area contributed by atoms with Crippen LogP contribution in [0.3, 0.4) is 0 Å². The van der Waals surface area contributed by atoms with Crippen LogP contribution in [0, 0.1) is 0 Å². The van der Waals surface area contributed by atoms with E-state index < -0.39 is 10.0 Å². The maximum atomic E-state index is 12.5. The number of hydrogen-bond donors (Lipinski definition) is 2. The molecule has 0 saturated carbocycles. The molecular formula is C13H20N2O5S. The van der Waals surface area contributed by atoms with Gasteiger partial charge in [0.15, 0.2) is 0 Å². The average Bonchev–Trinajstić information content (AvgIpc) is 2.48. The Hall–Kier alpha value is -1.19. The van der Waals surface area contributed by atoms with E-state index in [1.165, 1.54) is 13.2 Å². The molecule has 1 saturated heterocycles. The summed E-state index contributed by atoms with van der Waals surface area (Å²) >= 11 is 0. The lowest BCUT2D eigenvalue weighted by molar-refractivity contribution is 0.0272. The first-order chi connectivity index (χ1) is 10.1. The van der Waals surface area contributed by atoms with Gasteiger partial charge in [0.2, 0.25) is 0 Å². The van der Waals surface area contributed by atoms with Crippen LogP contribution in [0.25, 0.3) is 0 Å². The largest absolute Gasteiger partial charge is 0.497 e. The minimum atomic E-state index is -3.68. The molecule has 0 atom stereocenters. The number of aliphatic hydroxyl groups is 1. The quantitative estimate of drug-likeness (QED) is 0.753. The number of rotatable bonds is 6. The molecule has 21 heavy (non-hydrogen) atoms. The first-order valence-electron chi connectivity index (χ1n) is 6.70. The number of morpholine rings is 1. The SMILES string of the molecule is COc1ccc(S(=O)(=O)NN2CCOCC2)c(CCO)c1. The van der Waals surface area contributed by atoms with E-state index in [0.717, 1.165) is 0 Å². The van der Waals surface area contributed by atoms with Crippen molar-refractivity contribution >= 4 is 10.0 Å². The Kier molecular flexibility index (Phi) is 5.54. The normalized spacial score (nSPS) is 16.9. The zero-order valence-electron chi connectivity index (χ0n) is 11.9. The standard InChI is InChI=1S/C13H20N2O5S/c1-19-12-2-3-13(11(10-12)4-7-16)21(17,18)14-15-5-8-20-9-6-15/h2-3,10,14,16H,4-9H2,1H3. The molecule has 2 rings (SSSR count). The summed E-state index contributed by atoms with van der Waals surface area (Å²) in [6.07, 6.45) is 0.247. The number of methoxy groups -OCH3 is 1. The van der Waals surface area contributed by atoms with E-state index in [2.05, 4.69) is 4.83 Å². The van der Waals surface area contributed by atoms with Crippen LogP contribution in [0.1, 0.15) is 5.56 Å². The van der Waals surface area contributed by atoms with Gasteiger partial charge >= 0.3 is 0 Å². The second-order valence-corrected chi connectivity index (χ2v) is 6.27. The molecule has 7 nitrogen and oxygen atoms in total. The van der Waals surface area contributed by atoms with Crippen molar-refractivity contribution in [2.24, 2.45) is 0 Å². The van der Waals surface area contributed by atoms with Crippen molar-refractivity contribution in [3.63, 3.8) is 0 Å². The molecule has 0 aromatic heterocycles. The maximum absolute atomic E-state index is 12.5. The van der Waals surface area contributed by atoms with Crippen LogP contribution in [-0.4, -0.2) is 58.6 Å². The van der Waals surface area contributed by atoms with Gasteiger partial charge in [0, 0.05) is 19.7 Å². The number of nitrogens with zero attached hydrogens (tertiary/aromatic N) is 1. The van der Waals surface area contributed by atoms with Crippen LogP contribution < -0.4 is 9.57 Å². The lowest BCUT2D eigenvalue weighted by atomic mass is 10.1. The van der Waals surface area contributed by atoms with Crippen LogP contribution in [0.15, 0.2) is 23.1 Å². The molecule has 1 fully saturated rings. The predicted molar refractivity (Wildman–Crippen MR) is 76.5 cm³/mol. The number of ether oxygens (including phenoxy) is 2. The van der Waals surface area contributed by atoms with Crippen LogP contribution in [0.4, 0.5) is 0 Å². The number of nitrogens with one attached hydrogen (secondary N) is 1. The van der Waals surface area contributed by atoms with Gasteiger partial charge in [-0.1, -0.05) is 0 Å². The lowest BCUT2D eigenvalue weighted by Crippen LogP contribution is -2.48. The van der Waals surface area contributed by atoms with Crippen LogP contribution in [-0.2, 0) is 21.2 Å². The molecule has 1 aromatic rings. The van der Waals surface area contributed by atoms with Gasteiger partial charge in [-0.25, -0.2) is 13.4 Å². The number of aliphatic hydroxyl groups excluding tert-OH is 1. The minimum absolute atomic E-state index is 0.132. The first kappa shape index (κ1) is 16.2. The second kappa shape index (κ2) is 7.19. The first-order valence-corrected chi connectivity index (χ1v) is 8.18. The Morgan fingerprint density at radius 2 is 2.10 bits per heavy atom. The summed E-state index contributed by atoms with van der Waals surface area (Å²) in [5, 5.41) is 10.7. The van der Waals surface area contributed by atoms with E-state index in [-0.39, 0.29) is 17.9 Å². The van der Waals surface area contributed by atoms with E-state index in [9.17, 15) is 8.42 Å². The Morgan fingerprint density at radius 3 is 2.71 bits per heavy atom. The highest BCUT2D eigenvalue weighted by Gasteiger charge is 2.23. The van der Waals surface area contributed by atoms with Gasteiger partial charge < -0.3 is 14.6 Å². The topological polar surface area (TPSA) is 88.1 Å². The van der Waals surface area contributed by atoms with Gasteiger partial charge in [-0.2, -0.15) is 0 Å². The van der Waals surface area contributed by atoms with E-state index in [1.54, 1.807) is 17.1 Å². The summed E-state index contributed by atoms with van der Waals surface area (Å²) in [5.41, 5.74) is 0.526. The Balaban J connectivity index is 2.25. The van der Waals surface area contributed by atoms with Crippen LogP contribution in [0.2, 0.25) is 0 Å². The molecule has 1 aliphatic rings. The van der Waals surface area contributed by atoms with Crippen LogP contribution >= 0.6 is 0 Å². The third-order valence-electron chi connectivity index (χ3n) is 3.20. The fraction of sp³-hybridized carbons (Fsp3) is 0.538. The summed E-state index contributed by atoms with van der Waals surface area (Å²) in [6, 6.07) is 4.71. The highest BCUT2D eigenvalue weighted by molar-refractivity contribution is 7.89. The van der Waals surface area contributed by atoms with Gasteiger partial charge in [0.05, 0.1) is 25.2 Å². The summed E-state index contributed by atoms with van der Waals surface area (Å²) in [4.78, 5) is 2.71. The van der Waals surface area contributed by atoms with E-state index in [0.29, 0.717) is 37.6 Å². The average molecular weight is 316 g/mol. The lowest BCUT2D eigenvalue weighted by Gasteiger charge is -2.27. The van der Waals surface area contributed by atoms with Crippen molar-refractivity contribution in [2.45, 2.75) is 11.3 Å². The second-order valence-electron chi connectivity index (χ2n) is 4.64. The van der Waals surface area contributed by atoms with E-state index in [4.69, 9.17) is 14.6 Å². The van der Waals surface area contributed by atoms with Gasteiger partial charge in [-0.15, -0.1) is 4.83 Å². The van der Waals surface area contributed by atoms with Crippen molar-refractivity contribution in [1.29, 1.82) is 0 Å². The molecular weight excluding hydrogens is 296 g/mol. The predicted octanol–water partition coefficient (Wildman–Crippen LogP) is -0.244. The summed E-state index contributed by atoms with van der Waals surface area (Å²) < 4.78 is 35.2. The summed E-state index contributed by atoms with van der Waals surface area (Å²) in [5.74, 6) is 0.559. The Bertz CT molecular complexity index is 570. The van der Waals surface area contributed by atoms with Crippen molar-refractivity contribution in [1.82, 2.24) is 9.84 Å². The molecule has 1 heterocycles. The highest BCUT2D eigenvalue weighted by atomic mass is 32.2. The number of hydrogen-bond acceptors (Lipinski definition) is 6. The molecule has 0 amide bonds. The van der Waals surface area contributed by atoms with Gasteiger partial charge in [0.1, 0.15) is 5.75 Å². The van der Waals surface area contributed by atoms with E-state index >= 15 is 0 Å². The minimum Gasteiger partial charge on any atom is -0.497 e. The van der Waals surface area contributed by atoms with E-state index in [1.807, 2.05) is 0 Å². The smallest absolute Gasteiger partial charge is 0.253 e. The molecule has 0 aliphatic carbocycles. The van der Waals surface area contributed by atoms with Crippen molar-refractivity contribution in [2.75, 3.05) is 40.0 Å². The van der Waals surface area contributed by atoms with Gasteiger partial charge in [0.25, 0.3) is 10.0 Å². The molecule has 0 unspecified atom stereocenters. The third-order valence-corrected chi connectivity index (χ3v) is 4.67. The Morgan fingerprint density at radius 1 is 1.38 bits per heavy atom. The number of hydrazine groups is 1. The zero-order chi connectivity index (χ0) is 15.3. The number of sulfonamides is 1. The fourth-order valence-corrected chi connectivity index (χ4v) is 3.51. The summed E-state index contributed by atoms with van der Waals surface area (Å²) in [7, 11) is -2.17. The molecule has 2 N–H and O–H groups in total. The van der Waals surface area contributed by atoms with Crippen molar-refractivity contribution < 1.29 is 23.0 Å².